The molecule has 178 valence electrons. The second-order valence-corrected chi connectivity index (χ2v) is 8.08. The highest BCUT2D eigenvalue weighted by Crippen LogP contribution is 2.33. The number of hydrogen-bond donors (Lipinski definition) is 2. The van der Waals surface area contributed by atoms with Gasteiger partial charge in [-0.2, -0.15) is 14.6 Å². The van der Waals surface area contributed by atoms with Crippen molar-refractivity contribution in [3.63, 3.8) is 0 Å². The molecule has 3 heterocycles. The summed E-state index contributed by atoms with van der Waals surface area (Å²) < 4.78 is 34.4. The van der Waals surface area contributed by atoms with Crippen molar-refractivity contribution in [2.75, 3.05) is 18.8 Å². The lowest BCUT2D eigenvalue weighted by molar-refractivity contribution is -0.125. The Balaban J connectivity index is 1.53. The standard InChI is InChI=1S/C24H20F2N6O3/c1-2-18(33)31-11-10-13(12-31)21-19-22(23(27)28-29-24(19)34)32(30-21)14-6-8-15(9-7-14)35-17-5-3-4-16(25)20(17)26/h2-9,13H,1,10-12H2,(H2,27,28)(H,29,34)/t13-/m1/s1. The number of nitrogens with zero attached hydrogens (tertiary/aromatic N) is 4. The third-order valence-electron chi connectivity index (χ3n) is 5.95. The quantitative estimate of drug-likeness (QED) is 0.425. The number of nitrogen functional groups attached to an aromatic ring is 1. The first-order chi connectivity index (χ1) is 16.9. The Morgan fingerprint density at radius 1 is 1.23 bits per heavy atom. The van der Waals surface area contributed by atoms with E-state index in [0.29, 0.717) is 41.8 Å². The largest absolute Gasteiger partial charge is 0.454 e. The highest BCUT2D eigenvalue weighted by Gasteiger charge is 2.31. The zero-order chi connectivity index (χ0) is 24.7. The van der Waals surface area contributed by atoms with Crippen LogP contribution >= 0.6 is 0 Å². The smallest absolute Gasteiger partial charge is 0.275 e. The third-order valence-corrected chi connectivity index (χ3v) is 5.95. The molecule has 1 fully saturated rings. The lowest BCUT2D eigenvalue weighted by atomic mass is 10.0. The van der Waals surface area contributed by atoms with E-state index < -0.39 is 17.2 Å². The molecule has 1 amide bonds. The molecule has 0 aliphatic carbocycles. The van der Waals surface area contributed by atoms with Crippen LogP contribution in [0.5, 0.6) is 11.5 Å². The minimum absolute atomic E-state index is 0.0810. The molecule has 5 rings (SSSR count). The summed E-state index contributed by atoms with van der Waals surface area (Å²) >= 11 is 0. The van der Waals surface area contributed by atoms with E-state index >= 15 is 0 Å². The van der Waals surface area contributed by atoms with Gasteiger partial charge in [-0.25, -0.2) is 14.2 Å². The van der Waals surface area contributed by atoms with Crippen LogP contribution in [0.15, 0.2) is 59.9 Å². The van der Waals surface area contributed by atoms with Crippen molar-refractivity contribution in [3.05, 3.63) is 82.8 Å². The number of carbonyl (C=O) groups is 1. The summed E-state index contributed by atoms with van der Waals surface area (Å²) in [6.45, 7) is 4.44. The Morgan fingerprint density at radius 2 is 2.00 bits per heavy atom. The number of amides is 1. The number of H-pyrrole nitrogens is 1. The molecule has 2 aromatic carbocycles. The lowest BCUT2D eigenvalue weighted by Gasteiger charge is -2.13. The number of anilines is 1. The van der Waals surface area contributed by atoms with Gasteiger partial charge in [-0.1, -0.05) is 12.6 Å². The summed E-state index contributed by atoms with van der Waals surface area (Å²) in [5, 5.41) is 11.3. The monoisotopic (exact) mass is 478 g/mol. The van der Waals surface area contributed by atoms with Crippen LogP contribution in [-0.2, 0) is 4.79 Å². The van der Waals surface area contributed by atoms with Gasteiger partial charge in [0.1, 0.15) is 11.3 Å². The average molecular weight is 478 g/mol. The fraction of sp³-hybridized carbons (Fsp3) is 0.167. The van der Waals surface area contributed by atoms with Gasteiger partial charge in [-0.3, -0.25) is 9.59 Å². The second kappa shape index (κ2) is 8.67. The summed E-state index contributed by atoms with van der Waals surface area (Å²) in [5.41, 5.74) is 7.07. The first-order valence-corrected chi connectivity index (χ1v) is 10.8. The number of nitrogens with one attached hydrogen (secondary N) is 1. The summed E-state index contributed by atoms with van der Waals surface area (Å²) in [5.74, 6) is -2.35. The number of halogens is 2. The van der Waals surface area contributed by atoms with Crippen LogP contribution in [0.25, 0.3) is 16.6 Å². The minimum atomic E-state index is -1.09. The Hall–Kier alpha value is -4.54. The number of aromatic amines is 1. The molecule has 0 spiro atoms. The maximum absolute atomic E-state index is 13.9. The van der Waals surface area contributed by atoms with Crippen LogP contribution in [-0.4, -0.2) is 43.9 Å². The molecule has 0 unspecified atom stereocenters. The van der Waals surface area contributed by atoms with Crippen LogP contribution in [0.1, 0.15) is 18.0 Å². The van der Waals surface area contributed by atoms with Gasteiger partial charge in [0, 0.05) is 19.0 Å². The first kappa shape index (κ1) is 22.3. The number of rotatable bonds is 5. The Labute approximate surface area is 197 Å². The lowest BCUT2D eigenvalue weighted by Crippen LogP contribution is -2.26. The van der Waals surface area contributed by atoms with Crippen LogP contribution in [0.2, 0.25) is 0 Å². The van der Waals surface area contributed by atoms with Crippen molar-refractivity contribution in [1.82, 2.24) is 24.9 Å². The van der Waals surface area contributed by atoms with Crippen molar-refractivity contribution in [2.24, 2.45) is 0 Å². The van der Waals surface area contributed by atoms with Gasteiger partial charge in [-0.15, -0.1) is 0 Å². The molecule has 0 radical (unpaired) electrons. The molecule has 0 saturated carbocycles. The molecular weight excluding hydrogens is 458 g/mol. The summed E-state index contributed by atoms with van der Waals surface area (Å²) in [6.07, 6.45) is 1.88. The van der Waals surface area contributed by atoms with Gasteiger partial charge >= 0.3 is 0 Å². The molecule has 1 aliphatic rings. The normalized spacial score (nSPS) is 15.5. The maximum Gasteiger partial charge on any atom is 0.275 e. The van der Waals surface area contributed by atoms with Crippen molar-refractivity contribution >= 4 is 22.6 Å². The van der Waals surface area contributed by atoms with Crippen molar-refractivity contribution in [1.29, 1.82) is 0 Å². The zero-order valence-electron chi connectivity index (χ0n) is 18.4. The SMILES string of the molecule is C=CC(=O)N1CC[C@@H](c2nn(-c3ccc(Oc4cccc(F)c4F)cc3)c3c(N)n[nH]c(=O)c23)C1. The van der Waals surface area contributed by atoms with E-state index in [1.807, 2.05) is 0 Å². The predicted octanol–water partition coefficient (Wildman–Crippen LogP) is 3.26. The molecule has 3 N–H and O–H groups in total. The van der Waals surface area contributed by atoms with Crippen LogP contribution in [0, 0.1) is 11.6 Å². The Bertz CT molecular complexity index is 1510. The van der Waals surface area contributed by atoms with E-state index in [1.54, 1.807) is 29.2 Å². The van der Waals surface area contributed by atoms with E-state index in [-0.39, 0.29) is 29.1 Å². The molecule has 9 nitrogen and oxygen atoms in total. The van der Waals surface area contributed by atoms with Gasteiger partial charge < -0.3 is 15.4 Å². The van der Waals surface area contributed by atoms with E-state index in [4.69, 9.17) is 10.5 Å². The van der Waals surface area contributed by atoms with E-state index in [2.05, 4.69) is 21.9 Å². The third kappa shape index (κ3) is 3.90. The van der Waals surface area contributed by atoms with Crippen molar-refractivity contribution in [3.8, 4) is 17.2 Å². The second-order valence-electron chi connectivity index (χ2n) is 8.08. The molecule has 1 atom stereocenters. The topological polar surface area (TPSA) is 119 Å². The number of benzene rings is 2. The van der Waals surface area contributed by atoms with Crippen LogP contribution in [0.4, 0.5) is 14.6 Å². The minimum Gasteiger partial charge on any atom is -0.454 e. The number of likely N-dealkylation sites (tertiary alicyclic amines) is 1. The molecular formula is C24H20F2N6O3. The summed E-state index contributed by atoms with van der Waals surface area (Å²) in [6, 6.07) is 10.1. The number of fused-ring (bicyclic) bond motifs is 1. The molecule has 4 aromatic rings. The van der Waals surface area contributed by atoms with Gasteiger partial charge in [0.15, 0.2) is 17.4 Å². The fourth-order valence-corrected chi connectivity index (χ4v) is 4.25. The number of ether oxygens (including phenoxy) is 1. The predicted molar refractivity (Wildman–Crippen MR) is 124 cm³/mol. The van der Waals surface area contributed by atoms with Crippen LogP contribution < -0.4 is 16.0 Å². The van der Waals surface area contributed by atoms with Gasteiger partial charge in [-0.05, 0) is 48.9 Å². The number of carbonyl (C=O) groups excluding carboxylic acids is 1. The van der Waals surface area contributed by atoms with Crippen molar-refractivity contribution in [2.45, 2.75) is 12.3 Å². The van der Waals surface area contributed by atoms with E-state index in [1.165, 1.54) is 22.9 Å². The molecule has 2 aromatic heterocycles. The Kier molecular flexibility index (Phi) is 5.51. The molecule has 35 heavy (non-hydrogen) atoms. The highest BCUT2D eigenvalue weighted by atomic mass is 19.2. The average Bonchev–Trinajstić information content (AvgIpc) is 3.50. The van der Waals surface area contributed by atoms with Gasteiger partial charge in [0.05, 0.1) is 16.8 Å². The summed E-state index contributed by atoms with van der Waals surface area (Å²) in [7, 11) is 0. The Morgan fingerprint density at radius 3 is 2.74 bits per heavy atom. The number of hydrogen-bond acceptors (Lipinski definition) is 6. The summed E-state index contributed by atoms with van der Waals surface area (Å²) in [4.78, 5) is 26.4. The molecule has 1 saturated heterocycles. The zero-order valence-corrected chi connectivity index (χ0v) is 18.4. The van der Waals surface area contributed by atoms with Gasteiger partial charge in [0.25, 0.3) is 5.56 Å². The fourth-order valence-electron chi connectivity index (χ4n) is 4.25. The molecule has 0 bridgehead atoms. The molecule has 11 heteroatoms. The molecule has 1 aliphatic heterocycles. The number of aromatic nitrogens is 4. The highest BCUT2D eigenvalue weighted by molar-refractivity contribution is 5.91. The first-order valence-electron chi connectivity index (χ1n) is 10.8. The van der Waals surface area contributed by atoms with Crippen LogP contribution in [0.3, 0.4) is 0 Å². The van der Waals surface area contributed by atoms with E-state index in [9.17, 15) is 18.4 Å². The maximum atomic E-state index is 13.9. The van der Waals surface area contributed by atoms with Gasteiger partial charge in [0.2, 0.25) is 11.7 Å². The van der Waals surface area contributed by atoms with Crippen molar-refractivity contribution < 1.29 is 18.3 Å². The van der Waals surface area contributed by atoms with E-state index in [0.717, 1.165) is 6.07 Å². The number of nitrogens with two attached hydrogens (primary N) is 1.